The van der Waals surface area contributed by atoms with Crippen molar-refractivity contribution in [1.82, 2.24) is 14.8 Å². The molecule has 1 amide bonds. The van der Waals surface area contributed by atoms with Gasteiger partial charge in [0.2, 0.25) is 0 Å². The molecular formula is C18H28N4O3. The molecule has 1 aromatic rings. The average molecular weight is 348 g/mol. The van der Waals surface area contributed by atoms with Crippen LogP contribution >= 0.6 is 0 Å². The van der Waals surface area contributed by atoms with Gasteiger partial charge in [-0.05, 0) is 26.0 Å². The second-order valence-corrected chi connectivity index (χ2v) is 7.39. The van der Waals surface area contributed by atoms with Crippen LogP contribution in [0.25, 0.3) is 0 Å². The van der Waals surface area contributed by atoms with Gasteiger partial charge in [-0.2, -0.15) is 0 Å². The van der Waals surface area contributed by atoms with E-state index in [4.69, 9.17) is 4.74 Å². The van der Waals surface area contributed by atoms with E-state index in [0.717, 1.165) is 45.2 Å². The average Bonchev–Trinajstić information content (AvgIpc) is 2.61. The Hall–Kier alpha value is -1.70. The van der Waals surface area contributed by atoms with E-state index in [1.165, 1.54) is 0 Å². The highest BCUT2D eigenvalue weighted by Gasteiger charge is 2.25. The molecule has 1 N–H and O–H groups in total. The number of hydrogen-bond donors (Lipinski definition) is 1. The Kier molecular flexibility index (Phi) is 5.56. The minimum Gasteiger partial charge on any atom is -0.389 e. The molecule has 7 heteroatoms. The molecule has 2 aliphatic heterocycles. The second-order valence-electron chi connectivity index (χ2n) is 7.39. The van der Waals surface area contributed by atoms with Crippen LogP contribution in [0.5, 0.6) is 0 Å². The molecule has 0 spiro atoms. The predicted molar refractivity (Wildman–Crippen MR) is 95.9 cm³/mol. The molecule has 0 bridgehead atoms. The number of aliphatic hydroxyl groups is 1. The van der Waals surface area contributed by atoms with E-state index in [1.807, 2.05) is 30.9 Å². The maximum Gasteiger partial charge on any atom is 0.255 e. The molecule has 0 aliphatic carbocycles. The lowest BCUT2D eigenvalue weighted by Gasteiger charge is -2.37. The monoisotopic (exact) mass is 348 g/mol. The van der Waals surface area contributed by atoms with Gasteiger partial charge in [-0.25, -0.2) is 4.98 Å². The minimum atomic E-state index is -0.703. The number of aromatic nitrogens is 1. The van der Waals surface area contributed by atoms with E-state index >= 15 is 0 Å². The molecule has 1 aromatic heterocycles. The van der Waals surface area contributed by atoms with Gasteiger partial charge < -0.3 is 19.6 Å². The van der Waals surface area contributed by atoms with Gasteiger partial charge in [-0.15, -0.1) is 0 Å². The number of morpholine rings is 1. The van der Waals surface area contributed by atoms with E-state index in [-0.39, 0.29) is 5.91 Å². The molecule has 0 atom stereocenters. The van der Waals surface area contributed by atoms with Crippen LogP contribution in [0.3, 0.4) is 0 Å². The molecule has 0 unspecified atom stereocenters. The van der Waals surface area contributed by atoms with Crippen molar-refractivity contribution in [3.05, 3.63) is 23.9 Å². The Labute approximate surface area is 149 Å². The van der Waals surface area contributed by atoms with Gasteiger partial charge in [0, 0.05) is 52.0 Å². The highest BCUT2D eigenvalue weighted by molar-refractivity contribution is 5.94. The molecule has 2 saturated heterocycles. The van der Waals surface area contributed by atoms with Gasteiger partial charge in [0.05, 0.1) is 24.4 Å². The first-order valence-corrected chi connectivity index (χ1v) is 8.95. The molecule has 25 heavy (non-hydrogen) atoms. The molecule has 2 fully saturated rings. The number of β-amino-alcohol motifs (C(OH)–C–C–N with tert-alkyl or cyclic N) is 1. The van der Waals surface area contributed by atoms with Gasteiger partial charge in [0.25, 0.3) is 5.91 Å². The summed E-state index contributed by atoms with van der Waals surface area (Å²) in [7, 11) is 0. The number of pyridine rings is 1. The third-order valence-corrected chi connectivity index (χ3v) is 4.60. The van der Waals surface area contributed by atoms with Gasteiger partial charge >= 0.3 is 0 Å². The number of carbonyl (C=O) groups is 1. The van der Waals surface area contributed by atoms with Crippen LogP contribution in [-0.2, 0) is 4.74 Å². The molecule has 3 rings (SSSR count). The number of rotatable bonds is 4. The van der Waals surface area contributed by atoms with Crippen molar-refractivity contribution < 1.29 is 14.6 Å². The van der Waals surface area contributed by atoms with Crippen LogP contribution in [0.1, 0.15) is 24.2 Å². The summed E-state index contributed by atoms with van der Waals surface area (Å²) < 4.78 is 5.35. The van der Waals surface area contributed by atoms with Crippen molar-refractivity contribution in [3.8, 4) is 0 Å². The maximum absolute atomic E-state index is 12.7. The SMILES string of the molecule is CC(C)(O)CN1CCN(C(=O)c2ccc(N3CCOCC3)nc2)CC1. The fourth-order valence-corrected chi connectivity index (χ4v) is 3.33. The molecule has 2 aliphatic rings. The summed E-state index contributed by atoms with van der Waals surface area (Å²) in [5.74, 6) is 0.929. The quantitative estimate of drug-likeness (QED) is 0.852. The fraction of sp³-hybridized carbons (Fsp3) is 0.667. The van der Waals surface area contributed by atoms with E-state index < -0.39 is 5.60 Å². The highest BCUT2D eigenvalue weighted by Crippen LogP contribution is 2.15. The van der Waals surface area contributed by atoms with Gasteiger partial charge in [0.1, 0.15) is 5.82 Å². The van der Waals surface area contributed by atoms with E-state index in [0.29, 0.717) is 25.2 Å². The maximum atomic E-state index is 12.7. The summed E-state index contributed by atoms with van der Waals surface area (Å²) in [5.41, 5.74) is -0.0706. The van der Waals surface area contributed by atoms with Gasteiger partial charge in [-0.3, -0.25) is 9.69 Å². The highest BCUT2D eigenvalue weighted by atomic mass is 16.5. The molecule has 0 aromatic carbocycles. The normalized spacial score (nSPS) is 20.0. The lowest BCUT2D eigenvalue weighted by atomic mass is 10.1. The van der Waals surface area contributed by atoms with Crippen molar-refractivity contribution in [2.75, 3.05) is 63.9 Å². The third-order valence-electron chi connectivity index (χ3n) is 4.60. The lowest BCUT2D eigenvalue weighted by Crippen LogP contribution is -2.52. The fourth-order valence-electron chi connectivity index (χ4n) is 3.33. The number of amides is 1. The van der Waals surface area contributed by atoms with Crippen LogP contribution < -0.4 is 4.90 Å². The zero-order valence-electron chi connectivity index (χ0n) is 15.1. The van der Waals surface area contributed by atoms with Crippen molar-refractivity contribution in [2.24, 2.45) is 0 Å². The van der Waals surface area contributed by atoms with Crippen LogP contribution in [0.2, 0.25) is 0 Å². The number of anilines is 1. The number of piperazine rings is 1. The number of hydrogen-bond acceptors (Lipinski definition) is 6. The van der Waals surface area contributed by atoms with E-state index in [2.05, 4.69) is 14.8 Å². The summed E-state index contributed by atoms with van der Waals surface area (Å²) >= 11 is 0. The molecule has 7 nitrogen and oxygen atoms in total. The predicted octanol–water partition coefficient (Wildman–Crippen LogP) is 0.447. The first-order chi connectivity index (χ1) is 11.9. The van der Waals surface area contributed by atoms with E-state index in [1.54, 1.807) is 6.20 Å². The molecule has 0 saturated carbocycles. The number of carbonyl (C=O) groups excluding carboxylic acids is 1. The minimum absolute atomic E-state index is 0.0314. The second kappa shape index (κ2) is 7.68. The first kappa shape index (κ1) is 18.1. The molecule has 0 radical (unpaired) electrons. The molecular weight excluding hydrogens is 320 g/mol. The Morgan fingerprint density at radius 3 is 2.40 bits per heavy atom. The summed E-state index contributed by atoms with van der Waals surface area (Å²) in [5, 5.41) is 9.91. The van der Waals surface area contributed by atoms with Crippen LogP contribution in [-0.4, -0.2) is 90.4 Å². The Morgan fingerprint density at radius 1 is 1.16 bits per heavy atom. The van der Waals surface area contributed by atoms with Crippen LogP contribution in [0.4, 0.5) is 5.82 Å². The topological polar surface area (TPSA) is 69.1 Å². The summed E-state index contributed by atoms with van der Waals surface area (Å²) in [6.07, 6.45) is 1.68. The number of ether oxygens (including phenoxy) is 1. The van der Waals surface area contributed by atoms with Crippen LogP contribution in [0.15, 0.2) is 18.3 Å². The van der Waals surface area contributed by atoms with Crippen molar-refractivity contribution in [3.63, 3.8) is 0 Å². The zero-order valence-corrected chi connectivity index (χ0v) is 15.1. The number of nitrogens with zero attached hydrogens (tertiary/aromatic N) is 4. The van der Waals surface area contributed by atoms with Crippen LogP contribution in [0, 0.1) is 0 Å². The Balaban J connectivity index is 1.55. The zero-order chi connectivity index (χ0) is 17.9. The van der Waals surface area contributed by atoms with Gasteiger partial charge in [-0.1, -0.05) is 0 Å². The molecule has 3 heterocycles. The van der Waals surface area contributed by atoms with Gasteiger partial charge in [0.15, 0.2) is 0 Å². The molecule has 138 valence electrons. The van der Waals surface area contributed by atoms with E-state index in [9.17, 15) is 9.90 Å². The summed E-state index contributed by atoms with van der Waals surface area (Å²) in [6, 6.07) is 3.78. The summed E-state index contributed by atoms with van der Waals surface area (Å²) in [4.78, 5) is 23.4. The smallest absolute Gasteiger partial charge is 0.255 e. The Bertz CT molecular complexity index is 571. The van der Waals surface area contributed by atoms with Crippen molar-refractivity contribution in [1.29, 1.82) is 0 Å². The standard InChI is InChI=1S/C18H28N4O3/c1-18(2,24)14-20-5-7-22(8-6-20)17(23)15-3-4-16(19-13-15)21-9-11-25-12-10-21/h3-4,13,24H,5-12,14H2,1-2H3. The lowest BCUT2D eigenvalue weighted by molar-refractivity contribution is 0.0178. The largest absolute Gasteiger partial charge is 0.389 e. The third kappa shape index (κ3) is 4.90. The Morgan fingerprint density at radius 2 is 1.84 bits per heavy atom. The summed E-state index contributed by atoms with van der Waals surface area (Å²) in [6.45, 7) is 10.3. The van der Waals surface area contributed by atoms with Crippen molar-refractivity contribution in [2.45, 2.75) is 19.4 Å². The first-order valence-electron chi connectivity index (χ1n) is 8.95. The van der Waals surface area contributed by atoms with Crippen molar-refractivity contribution >= 4 is 11.7 Å².